The van der Waals surface area contributed by atoms with E-state index in [0.29, 0.717) is 31.9 Å². The lowest BCUT2D eigenvalue weighted by Crippen LogP contribution is -2.34. The van der Waals surface area contributed by atoms with Crippen molar-refractivity contribution in [1.82, 2.24) is 20.3 Å². The van der Waals surface area contributed by atoms with E-state index in [1.54, 1.807) is 18.3 Å². The van der Waals surface area contributed by atoms with Crippen LogP contribution in [0.4, 0.5) is 4.39 Å². The van der Waals surface area contributed by atoms with E-state index < -0.39 is 0 Å². The van der Waals surface area contributed by atoms with Crippen molar-refractivity contribution in [2.45, 2.75) is 19.1 Å². The lowest BCUT2D eigenvalue weighted by molar-refractivity contribution is 0.0811. The molecule has 7 nitrogen and oxygen atoms in total. The minimum atomic E-state index is -0.303. The zero-order valence-corrected chi connectivity index (χ0v) is 15.0. The van der Waals surface area contributed by atoms with Gasteiger partial charge in [-0.25, -0.2) is 9.07 Å². The molecule has 1 amide bonds. The number of carbonyl (C=O) groups excluding carboxylic acids is 1. The summed E-state index contributed by atoms with van der Waals surface area (Å²) in [6, 6.07) is 13.6. The molecule has 0 aliphatic carbocycles. The van der Waals surface area contributed by atoms with Crippen molar-refractivity contribution in [3.8, 4) is 11.5 Å². The van der Waals surface area contributed by atoms with E-state index in [9.17, 15) is 9.18 Å². The van der Waals surface area contributed by atoms with E-state index in [1.165, 1.54) is 16.8 Å². The number of fused-ring (bicyclic) bond motifs is 1. The van der Waals surface area contributed by atoms with Crippen LogP contribution in [0.25, 0.3) is 0 Å². The maximum Gasteiger partial charge on any atom is 0.273 e. The third kappa shape index (κ3) is 4.28. The van der Waals surface area contributed by atoms with Crippen LogP contribution in [0.1, 0.15) is 22.5 Å². The Morgan fingerprint density at radius 1 is 1.18 bits per heavy atom. The molecular weight excluding hydrogens is 363 g/mol. The van der Waals surface area contributed by atoms with Gasteiger partial charge in [-0.2, -0.15) is 0 Å². The number of para-hydroxylation sites is 2. The fourth-order valence-electron chi connectivity index (χ4n) is 2.90. The van der Waals surface area contributed by atoms with Gasteiger partial charge < -0.3 is 14.8 Å². The molecule has 0 spiro atoms. The highest BCUT2D eigenvalue weighted by Crippen LogP contribution is 2.31. The molecule has 0 fully saturated rings. The van der Waals surface area contributed by atoms with Gasteiger partial charge in [0.25, 0.3) is 5.91 Å². The van der Waals surface area contributed by atoms with Crippen LogP contribution in [0.5, 0.6) is 11.5 Å². The molecule has 2 heterocycles. The van der Waals surface area contributed by atoms with E-state index in [4.69, 9.17) is 9.47 Å². The minimum absolute atomic E-state index is 0.121. The molecule has 4 rings (SSSR count). The first-order valence-corrected chi connectivity index (χ1v) is 8.98. The number of carbonyl (C=O) groups is 1. The summed E-state index contributed by atoms with van der Waals surface area (Å²) in [6.45, 7) is 1.29. The monoisotopic (exact) mass is 382 g/mol. The minimum Gasteiger partial charge on any atom is -0.486 e. The van der Waals surface area contributed by atoms with Crippen LogP contribution < -0.4 is 14.8 Å². The maximum absolute atomic E-state index is 13.0. The summed E-state index contributed by atoms with van der Waals surface area (Å²) in [6.07, 6.45) is 2.06. The van der Waals surface area contributed by atoms with Gasteiger partial charge in [-0.1, -0.05) is 29.5 Å². The molecule has 1 atom stereocenters. The molecule has 0 bridgehead atoms. The Labute approximate surface area is 161 Å². The van der Waals surface area contributed by atoms with Crippen LogP contribution in [0, 0.1) is 5.82 Å². The number of hydrogen-bond acceptors (Lipinski definition) is 5. The number of aromatic nitrogens is 3. The van der Waals surface area contributed by atoms with Gasteiger partial charge in [-0.15, -0.1) is 5.10 Å². The second-order valence-corrected chi connectivity index (χ2v) is 6.47. The van der Waals surface area contributed by atoms with Gasteiger partial charge in [-0.05, 0) is 29.8 Å². The molecule has 2 aromatic carbocycles. The zero-order valence-electron chi connectivity index (χ0n) is 15.0. The SMILES string of the molecule is O=C(NCCC1COc2ccccc2O1)c1cn(Cc2ccc(F)cc2)nn1. The van der Waals surface area contributed by atoms with Crippen LogP contribution in [-0.4, -0.2) is 40.2 Å². The fourth-order valence-corrected chi connectivity index (χ4v) is 2.90. The molecule has 1 aliphatic rings. The number of hydrogen-bond donors (Lipinski definition) is 1. The Morgan fingerprint density at radius 3 is 2.79 bits per heavy atom. The Balaban J connectivity index is 1.25. The van der Waals surface area contributed by atoms with Gasteiger partial charge in [-0.3, -0.25) is 4.79 Å². The average Bonchev–Trinajstić information content (AvgIpc) is 3.18. The summed E-state index contributed by atoms with van der Waals surface area (Å²) in [5.41, 5.74) is 1.10. The Kier molecular flexibility index (Phi) is 5.18. The van der Waals surface area contributed by atoms with Crippen molar-refractivity contribution in [3.63, 3.8) is 0 Å². The molecule has 144 valence electrons. The number of rotatable bonds is 6. The predicted octanol–water partition coefficient (Wildman–Crippen LogP) is 2.43. The smallest absolute Gasteiger partial charge is 0.273 e. The molecule has 1 aliphatic heterocycles. The second-order valence-electron chi connectivity index (χ2n) is 6.47. The number of ether oxygens (including phenoxy) is 2. The second kappa shape index (κ2) is 8.08. The zero-order chi connectivity index (χ0) is 19.3. The van der Waals surface area contributed by atoms with Gasteiger partial charge in [0.05, 0.1) is 12.7 Å². The molecule has 1 N–H and O–H groups in total. The van der Waals surface area contributed by atoms with Crippen LogP contribution in [0.15, 0.2) is 54.7 Å². The third-order valence-electron chi connectivity index (χ3n) is 4.35. The average molecular weight is 382 g/mol. The first-order chi connectivity index (χ1) is 13.7. The van der Waals surface area contributed by atoms with Crippen molar-refractivity contribution in [2.24, 2.45) is 0 Å². The summed E-state index contributed by atoms with van der Waals surface area (Å²) in [7, 11) is 0. The van der Waals surface area contributed by atoms with Crippen LogP contribution in [0.2, 0.25) is 0 Å². The van der Waals surface area contributed by atoms with Crippen molar-refractivity contribution >= 4 is 5.91 Å². The molecule has 8 heteroatoms. The summed E-state index contributed by atoms with van der Waals surface area (Å²) in [4.78, 5) is 12.2. The summed E-state index contributed by atoms with van der Waals surface area (Å²) < 4.78 is 26.0. The van der Waals surface area contributed by atoms with E-state index >= 15 is 0 Å². The first-order valence-electron chi connectivity index (χ1n) is 8.98. The van der Waals surface area contributed by atoms with Crippen LogP contribution >= 0.6 is 0 Å². The quantitative estimate of drug-likeness (QED) is 0.708. The highest BCUT2D eigenvalue weighted by atomic mass is 19.1. The standard InChI is InChI=1S/C20H19FN4O3/c21-15-7-5-14(6-8-15)11-25-12-17(23-24-25)20(26)22-10-9-16-13-27-18-3-1-2-4-19(18)28-16/h1-8,12,16H,9-11,13H2,(H,22,26). The van der Waals surface area contributed by atoms with Gasteiger partial charge in [0.2, 0.25) is 0 Å². The number of halogens is 1. The third-order valence-corrected chi connectivity index (χ3v) is 4.35. The van der Waals surface area contributed by atoms with Crippen molar-refractivity contribution in [1.29, 1.82) is 0 Å². The Bertz CT molecular complexity index is 958. The largest absolute Gasteiger partial charge is 0.486 e. The molecule has 28 heavy (non-hydrogen) atoms. The number of benzene rings is 2. The predicted molar refractivity (Wildman–Crippen MR) is 98.8 cm³/mol. The van der Waals surface area contributed by atoms with E-state index in [1.807, 2.05) is 24.3 Å². The number of nitrogens with one attached hydrogen (secondary N) is 1. The summed E-state index contributed by atoms with van der Waals surface area (Å²) >= 11 is 0. The number of amides is 1. The van der Waals surface area contributed by atoms with E-state index in [-0.39, 0.29) is 23.5 Å². The molecule has 0 radical (unpaired) electrons. The van der Waals surface area contributed by atoms with Crippen LogP contribution in [-0.2, 0) is 6.54 Å². The first kappa shape index (κ1) is 18.0. The summed E-state index contributed by atoms with van der Waals surface area (Å²) in [5, 5.41) is 10.7. The maximum atomic E-state index is 13.0. The van der Waals surface area contributed by atoms with Crippen molar-refractivity contribution < 1.29 is 18.7 Å². The molecular formula is C20H19FN4O3. The van der Waals surface area contributed by atoms with Gasteiger partial charge in [0.1, 0.15) is 18.5 Å². The number of nitrogens with zero attached hydrogens (tertiary/aromatic N) is 3. The Hall–Kier alpha value is -3.42. The lowest BCUT2D eigenvalue weighted by Gasteiger charge is -2.26. The highest BCUT2D eigenvalue weighted by Gasteiger charge is 2.20. The molecule has 3 aromatic rings. The summed E-state index contributed by atoms with van der Waals surface area (Å²) in [5.74, 6) is 0.857. The van der Waals surface area contributed by atoms with Crippen molar-refractivity contribution in [3.05, 3.63) is 71.8 Å². The van der Waals surface area contributed by atoms with E-state index in [0.717, 1.165) is 11.3 Å². The van der Waals surface area contributed by atoms with Gasteiger partial charge >= 0.3 is 0 Å². The fraction of sp³-hybridized carbons (Fsp3) is 0.250. The lowest BCUT2D eigenvalue weighted by atomic mass is 10.2. The topological polar surface area (TPSA) is 78.3 Å². The van der Waals surface area contributed by atoms with E-state index in [2.05, 4.69) is 15.6 Å². The Morgan fingerprint density at radius 2 is 1.96 bits per heavy atom. The highest BCUT2D eigenvalue weighted by molar-refractivity contribution is 5.91. The molecule has 1 unspecified atom stereocenters. The van der Waals surface area contributed by atoms with Crippen LogP contribution in [0.3, 0.4) is 0 Å². The van der Waals surface area contributed by atoms with Gasteiger partial charge in [0, 0.05) is 13.0 Å². The van der Waals surface area contributed by atoms with Crippen molar-refractivity contribution in [2.75, 3.05) is 13.2 Å². The normalized spacial score (nSPS) is 15.2. The molecule has 0 saturated carbocycles. The molecule has 1 aromatic heterocycles. The molecule has 0 saturated heterocycles. The van der Waals surface area contributed by atoms with Gasteiger partial charge in [0.15, 0.2) is 17.2 Å².